The molecule has 4 atom stereocenters. The summed E-state index contributed by atoms with van der Waals surface area (Å²) < 4.78 is 5.31. The van der Waals surface area contributed by atoms with Crippen LogP contribution in [0.2, 0.25) is 0 Å². The highest BCUT2D eigenvalue weighted by Gasteiger charge is 2.34. The Labute approximate surface area is 223 Å². The molecule has 7 nitrogen and oxygen atoms in total. The van der Waals surface area contributed by atoms with Crippen molar-refractivity contribution in [1.82, 2.24) is 10.6 Å². The van der Waals surface area contributed by atoms with Gasteiger partial charge in [0.1, 0.15) is 17.7 Å². The van der Waals surface area contributed by atoms with Gasteiger partial charge in [-0.2, -0.15) is 0 Å². The fraction of sp³-hybridized carbons (Fsp3) is 0.667. The lowest BCUT2D eigenvalue weighted by molar-refractivity contribution is -0.126. The maximum absolute atomic E-state index is 13.3. The number of amides is 2. The maximum atomic E-state index is 13.3. The summed E-state index contributed by atoms with van der Waals surface area (Å²) in [5.74, 6) is 0.619. The number of aliphatic hydroxyl groups excluding tert-OH is 2. The lowest BCUT2D eigenvalue weighted by Gasteiger charge is -2.35. The molecule has 0 radical (unpaired) electrons. The maximum Gasteiger partial charge on any atom is 0.408 e. The van der Waals surface area contributed by atoms with Gasteiger partial charge >= 0.3 is 6.09 Å². The molecule has 2 rings (SSSR count). The molecule has 0 spiro atoms. The van der Waals surface area contributed by atoms with Gasteiger partial charge in [-0.05, 0) is 89.0 Å². The zero-order valence-corrected chi connectivity index (χ0v) is 23.3. The van der Waals surface area contributed by atoms with E-state index < -0.39 is 41.9 Å². The van der Waals surface area contributed by atoms with Crippen LogP contribution in [0.25, 0.3) is 0 Å². The van der Waals surface area contributed by atoms with Crippen molar-refractivity contribution in [3.8, 4) is 0 Å². The molecule has 0 aromatic heterocycles. The van der Waals surface area contributed by atoms with Crippen LogP contribution in [-0.2, 0) is 9.53 Å². The first-order valence-electron chi connectivity index (χ1n) is 13.7. The quantitative estimate of drug-likeness (QED) is 0.290. The molecular formula is C30H48N2O5. The predicted molar refractivity (Wildman–Crippen MR) is 147 cm³/mol. The van der Waals surface area contributed by atoms with Crippen LogP contribution in [0.15, 0.2) is 43.0 Å². The van der Waals surface area contributed by atoms with Crippen molar-refractivity contribution in [1.29, 1.82) is 0 Å². The molecule has 0 bridgehead atoms. The second-order valence-corrected chi connectivity index (χ2v) is 11.9. The normalized spacial score (nSPS) is 21.4. The van der Waals surface area contributed by atoms with Gasteiger partial charge in [-0.15, -0.1) is 6.58 Å². The van der Waals surface area contributed by atoms with Crippen LogP contribution >= 0.6 is 0 Å². The van der Waals surface area contributed by atoms with Crippen LogP contribution in [-0.4, -0.2) is 52.1 Å². The zero-order valence-electron chi connectivity index (χ0n) is 23.3. The standard InChI is InChI=1S/C30H48N2O5/c1-7-11-24(32-29(36)37-30(4,5)6)28(35)31-25(27(34)26(33)18-20(2)3)19-21-14-16-23(17-15-21)22-12-9-8-10-13-22/h7-10,12-13,20-21,23-27,33-34H,1,11,14-19H2,2-6H3,(H,31,35)(H,32,36)/t21?,23?,24-,25-,26-,27+/m0/s1. The Morgan fingerprint density at radius 1 is 1.08 bits per heavy atom. The van der Waals surface area contributed by atoms with Crippen molar-refractivity contribution in [3.63, 3.8) is 0 Å². The average Bonchev–Trinajstić information content (AvgIpc) is 2.82. The zero-order chi connectivity index (χ0) is 27.6. The van der Waals surface area contributed by atoms with E-state index in [2.05, 4.69) is 41.5 Å². The highest BCUT2D eigenvalue weighted by Crippen LogP contribution is 2.38. The van der Waals surface area contributed by atoms with Crippen molar-refractivity contribution in [2.45, 2.75) is 115 Å². The molecule has 0 unspecified atom stereocenters. The first-order chi connectivity index (χ1) is 17.4. The number of hydrogen-bond acceptors (Lipinski definition) is 5. The summed E-state index contributed by atoms with van der Waals surface area (Å²) >= 11 is 0. The molecule has 4 N–H and O–H groups in total. The second kappa shape index (κ2) is 14.5. The van der Waals surface area contributed by atoms with Crippen LogP contribution < -0.4 is 10.6 Å². The first-order valence-corrected chi connectivity index (χ1v) is 13.7. The number of alkyl carbamates (subject to hydrolysis) is 1. The Morgan fingerprint density at radius 2 is 1.70 bits per heavy atom. The number of rotatable bonds is 12. The molecule has 1 aromatic rings. The van der Waals surface area contributed by atoms with E-state index in [1.165, 1.54) is 5.56 Å². The van der Waals surface area contributed by atoms with Gasteiger partial charge in [0.15, 0.2) is 0 Å². The minimum Gasteiger partial charge on any atom is -0.444 e. The number of ether oxygens (including phenoxy) is 1. The Balaban J connectivity index is 2.09. The topological polar surface area (TPSA) is 108 Å². The smallest absolute Gasteiger partial charge is 0.408 e. The third kappa shape index (κ3) is 10.9. The minimum absolute atomic E-state index is 0.199. The number of hydrogen-bond donors (Lipinski definition) is 4. The Hall–Kier alpha value is -2.38. The third-order valence-electron chi connectivity index (χ3n) is 6.96. The highest BCUT2D eigenvalue weighted by atomic mass is 16.6. The van der Waals surface area contributed by atoms with E-state index in [4.69, 9.17) is 4.74 Å². The summed E-state index contributed by atoms with van der Waals surface area (Å²) in [6, 6.07) is 9.01. The van der Waals surface area contributed by atoms with Crippen LogP contribution in [0.3, 0.4) is 0 Å². The average molecular weight is 517 g/mol. The number of benzene rings is 1. The van der Waals surface area contributed by atoms with Gasteiger partial charge < -0.3 is 25.6 Å². The van der Waals surface area contributed by atoms with Gasteiger partial charge in [0.2, 0.25) is 5.91 Å². The van der Waals surface area contributed by atoms with Crippen molar-refractivity contribution < 1.29 is 24.5 Å². The van der Waals surface area contributed by atoms with Crippen LogP contribution in [0.4, 0.5) is 4.79 Å². The molecule has 0 saturated heterocycles. The summed E-state index contributed by atoms with van der Waals surface area (Å²) in [4.78, 5) is 25.6. The third-order valence-corrected chi connectivity index (χ3v) is 6.96. The molecule has 37 heavy (non-hydrogen) atoms. The summed E-state index contributed by atoms with van der Waals surface area (Å²) in [6.45, 7) is 12.9. The molecule has 1 saturated carbocycles. The Morgan fingerprint density at radius 3 is 2.24 bits per heavy atom. The lowest BCUT2D eigenvalue weighted by Crippen LogP contribution is -2.55. The number of nitrogens with one attached hydrogen (secondary N) is 2. The van der Waals surface area contributed by atoms with Crippen molar-refractivity contribution >= 4 is 12.0 Å². The monoisotopic (exact) mass is 516 g/mol. The molecule has 0 heterocycles. The second-order valence-electron chi connectivity index (χ2n) is 11.9. The SMILES string of the molecule is C=CC[C@H](NC(=O)OC(C)(C)C)C(=O)N[C@@H](CC1CCC(c2ccccc2)CC1)[C@@H](O)[C@@H](O)CC(C)C. The number of carbonyl (C=O) groups is 2. The Kier molecular flexibility index (Phi) is 12.1. The van der Waals surface area contributed by atoms with Crippen molar-refractivity contribution in [2.75, 3.05) is 0 Å². The minimum atomic E-state index is -1.11. The molecule has 1 fully saturated rings. The summed E-state index contributed by atoms with van der Waals surface area (Å²) in [5.41, 5.74) is 0.663. The van der Waals surface area contributed by atoms with Gasteiger partial charge in [-0.3, -0.25) is 4.79 Å². The summed E-state index contributed by atoms with van der Waals surface area (Å²) in [5, 5.41) is 27.4. The van der Waals surface area contributed by atoms with Gasteiger partial charge in [0, 0.05) is 0 Å². The molecule has 208 valence electrons. The number of carbonyl (C=O) groups excluding carboxylic acids is 2. The van der Waals surface area contributed by atoms with Gasteiger partial charge in [-0.1, -0.05) is 50.3 Å². The number of aliphatic hydroxyl groups is 2. The van der Waals surface area contributed by atoms with Crippen molar-refractivity contribution in [3.05, 3.63) is 48.6 Å². The molecule has 1 aliphatic rings. The van der Waals surface area contributed by atoms with Gasteiger partial charge in [0.25, 0.3) is 0 Å². The molecule has 7 heteroatoms. The largest absolute Gasteiger partial charge is 0.444 e. The predicted octanol–water partition coefficient (Wildman–Crippen LogP) is 5.07. The van der Waals surface area contributed by atoms with Crippen LogP contribution in [0.5, 0.6) is 0 Å². The van der Waals surface area contributed by atoms with Crippen LogP contribution in [0.1, 0.15) is 91.0 Å². The van der Waals surface area contributed by atoms with Crippen molar-refractivity contribution in [2.24, 2.45) is 11.8 Å². The Bertz CT molecular complexity index is 843. The fourth-order valence-electron chi connectivity index (χ4n) is 5.12. The highest BCUT2D eigenvalue weighted by molar-refractivity contribution is 5.86. The van der Waals surface area contributed by atoms with E-state index >= 15 is 0 Å². The summed E-state index contributed by atoms with van der Waals surface area (Å²) in [6.07, 6.45) is 4.11. The fourth-order valence-corrected chi connectivity index (χ4v) is 5.12. The van der Waals surface area contributed by atoms with Crippen LogP contribution in [0, 0.1) is 11.8 Å². The van der Waals surface area contributed by atoms with E-state index in [0.29, 0.717) is 24.7 Å². The molecule has 2 amide bonds. The van der Waals surface area contributed by atoms with E-state index in [-0.39, 0.29) is 12.3 Å². The van der Waals surface area contributed by atoms with E-state index in [9.17, 15) is 19.8 Å². The van der Waals surface area contributed by atoms with E-state index in [1.54, 1.807) is 26.8 Å². The van der Waals surface area contributed by atoms with Gasteiger partial charge in [0.05, 0.1) is 12.1 Å². The molecule has 1 aromatic carbocycles. The first kappa shape index (κ1) is 30.8. The van der Waals surface area contributed by atoms with Gasteiger partial charge in [-0.25, -0.2) is 4.79 Å². The molecular weight excluding hydrogens is 468 g/mol. The molecule has 0 aliphatic heterocycles. The molecule has 1 aliphatic carbocycles. The van der Waals surface area contributed by atoms with E-state index in [0.717, 1.165) is 25.7 Å². The van der Waals surface area contributed by atoms with E-state index in [1.807, 2.05) is 19.9 Å². The summed E-state index contributed by atoms with van der Waals surface area (Å²) in [7, 11) is 0. The lowest BCUT2D eigenvalue weighted by atomic mass is 9.76.